The third-order valence-electron chi connectivity index (χ3n) is 2.89. The van der Waals surface area contributed by atoms with Gasteiger partial charge in [-0.25, -0.2) is 0 Å². The van der Waals surface area contributed by atoms with Gasteiger partial charge in [-0.3, -0.25) is 9.59 Å². The van der Waals surface area contributed by atoms with Crippen molar-refractivity contribution in [1.82, 2.24) is 9.88 Å². The van der Waals surface area contributed by atoms with Crippen molar-refractivity contribution in [2.75, 3.05) is 6.54 Å². The molecule has 1 heterocycles. The van der Waals surface area contributed by atoms with Crippen molar-refractivity contribution in [3.8, 4) is 0 Å². The van der Waals surface area contributed by atoms with Gasteiger partial charge in [-0.1, -0.05) is 30.3 Å². The van der Waals surface area contributed by atoms with Gasteiger partial charge < -0.3 is 9.88 Å². The number of benzene rings is 1. The minimum absolute atomic E-state index is 0.163. The standard InChI is InChI=1S/C15H16N2O2/c1-2-17(11-12-6-4-3-5-7-12)15(19)14-10-13(18)8-9-16-14/h3-10H,2,11H2,1H3,(H,16,18). The lowest BCUT2D eigenvalue weighted by Gasteiger charge is -2.20. The van der Waals surface area contributed by atoms with Crippen LogP contribution in [0.2, 0.25) is 0 Å². The SMILES string of the molecule is CCN(Cc1ccccc1)C(=O)c1cc(=O)cc[nH]1. The lowest BCUT2D eigenvalue weighted by Crippen LogP contribution is -2.31. The highest BCUT2D eigenvalue weighted by atomic mass is 16.2. The smallest absolute Gasteiger partial charge is 0.270 e. The number of carbonyl (C=O) groups excluding carboxylic acids is 1. The summed E-state index contributed by atoms with van der Waals surface area (Å²) < 4.78 is 0. The number of rotatable bonds is 4. The van der Waals surface area contributed by atoms with E-state index in [1.807, 2.05) is 37.3 Å². The summed E-state index contributed by atoms with van der Waals surface area (Å²) >= 11 is 0. The van der Waals surface area contributed by atoms with Gasteiger partial charge >= 0.3 is 0 Å². The topological polar surface area (TPSA) is 53.2 Å². The van der Waals surface area contributed by atoms with E-state index in [0.717, 1.165) is 5.56 Å². The predicted octanol–water partition coefficient (Wildman–Crippen LogP) is 2.04. The molecule has 0 aliphatic rings. The number of hydrogen-bond donors (Lipinski definition) is 1. The van der Waals surface area contributed by atoms with E-state index in [9.17, 15) is 9.59 Å². The highest BCUT2D eigenvalue weighted by molar-refractivity contribution is 5.92. The second-order valence-corrected chi connectivity index (χ2v) is 4.24. The van der Waals surface area contributed by atoms with Crippen molar-refractivity contribution in [3.05, 3.63) is 70.1 Å². The van der Waals surface area contributed by atoms with Crippen LogP contribution in [0.3, 0.4) is 0 Å². The summed E-state index contributed by atoms with van der Waals surface area (Å²) in [6.45, 7) is 3.04. The Bertz CT molecular complexity index is 605. The van der Waals surface area contributed by atoms with Crippen molar-refractivity contribution in [2.24, 2.45) is 0 Å². The van der Waals surface area contributed by atoms with Crippen LogP contribution in [0.1, 0.15) is 23.0 Å². The minimum atomic E-state index is -0.169. The van der Waals surface area contributed by atoms with Gasteiger partial charge in [0, 0.05) is 31.4 Å². The van der Waals surface area contributed by atoms with Gasteiger partial charge in [-0.2, -0.15) is 0 Å². The van der Waals surface area contributed by atoms with E-state index in [2.05, 4.69) is 4.98 Å². The molecule has 1 aromatic carbocycles. The van der Waals surface area contributed by atoms with Crippen LogP contribution >= 0.6 is 0 Å². The van der Waals surface area contributed by atoms with Crippen molar-refractivity contribution >= 4 is 5.91 Å². The van der Waals surface area contributed by atoms with Crippen LogP contribution in [0, 0.1) is 0 Å². The molecule has 0 spiro atoms. The Kier molecular flexibility index (Phi) is 4.13. The first kappa shape index (κ1) is 13.1. The van der Waals surface area contributed by atoms with Gasteiger partial charge in [0.2, 0.25) is 0 Å². The molecule has 1 aromatic heterocycles. The number of carbonyl (C=O) groups is 1. The number of hydrogen-bond acceptors (Lipinski definition) is 2. The largest absolute Gasteiger partial charge is 0.357 e. The van der Waals surface area contributed by atoms with Crippen molar-refractivity contribution in [2.45, 2.75) is 13.5 Å². The maximum absolute atomic E-state index is 12.3. The average molecular weight is 256 g/mol. The molecule has 0 aliphatic heterocycles. The van der Waals surface area contributed by atoms with E-state index in [1.165, 1.54) is 18.3 Å². The summed E-state index contributed by atoms with van der Waals surface area (Å²) in [6, 6.07) is 12.5. The molecule has 1 amide bonds. The zero-order valence-electron chi connectivity index (χ0n) is 10.8. The summed E-state index contributed by atoms with van der Waals surface area (Å²) in [4.78, 5) is 28.1. The molecule has 98 valence electrons. The number of aromatic nitrogens is 1. The number of aromatic amines is 1. The molecule has 0 unspecified atom stereocenters. The Morgan fingerprint density at radius 3 is 2.58 bits per heavy atom. The molecule has 4 nitrogen and oxygen atoms in total. The molecule has 0 saturated heterocycles. The van der Waals surface area contributed by atoms with E-state index >= 15 is 0 Å². The fourth-order valence-electron chi connectivity index (χ4n) is 1.87. The monoisotopic (exact) mass is 256 g/mol. The third kappa shape index (κ3) is 3.31. The molecule has 2 aromatic rings. The first-order valence-corrected chi connectivity index (χ1v) is 6.22. The number of pyridine rings is 1. The van der Waals surface area contributed by atoms with Crippen LogP contribution in [0.25, 0.3) is 0 Å². The number of H-pyrrole nitrogens is 1. The second-order valence-electron chi connectivity index (χ2n) is 4.24. The molecule has 2 rings (SSSR count). The number of nitrogens with zero attached hydrogens (tertiary/aromatic N) is 1. The average Bonchev–Trinajstić information content (AvgIpc) is 2.45. The lowest BCUT2D eigenvalue weighted by molar-refractivity contribution is 0.0746. The van der Waals surface area contributed by atoms with E-state index in [0.29, 0.717) is 18.8 Å². The Labute approximate surface area is 111 Å². The van der Waals surface area contributed by atoms with Crippen LogP contribution in [-0.2, 0) is 6.54 Å². The van der Waals surface area contributed by atoms with Crippen molar-refractivity contribution in [1.29, 1.82) is 0 Å². The quantitative estimate of drug-likeness (QED) is 0.910. The number of amides is 1. The van der Waals surface area contributed by atoms with Crippen LogP contribution in [-0.4, -0.2) is 22.3 Å². The fourth-order valence-corrected chi connectivity index (χ4v) is 1.87. The minimum Gasteiger partial charge on any atom is -0.357 e. The summed E-state index contributed by atoms with van der Waals surface area (Å²) in [7, 11) is 0. The zero-order valence-corrected chi connectivity index (χ0v) is 10.8. The second kappa shape index (κ2) is 6.00. The van der Waals surface area contributed by atoms with E-state index < -0.39 is 0 Å². The number of nitrogens with one attached hydrogen (secondary N) is 1. The van der Waals surface area contributed by atoms with Gasteiger partial charge in [-0.15, -0.1) is 0 Å². The van der Waals surface area contributed by atoms with Crippen molar-refractivity contribution in [3.63, 3.8) is 0 Å². The fraction of sp³-hybridized carbons (Fsp3) is 0.200. The maximum Gasteiger partial charge on any atom is 0.270 e. The molecular weight excluding hydrogens is 240 g/mol. The summed E-state index contributed by atoms with van der Waals surface area (Å²) in [5, 5.41) is 0. The summed E-state index contributed by atoms with van der Waals surface area (Å²) in [5.74, 6) is -0.163. The lowest BCUT2D eigenvalue weighted by atomic mass is 10.2. The van der Waals surface area contributed by atoms with Crippen LogP contribution in [0.5, 0.6) is 0 Å². The van der Waals surface area contributed by atoms with Gasteiger partial charge in [0.25, 0.3) is 5.91 Å². The van der Waals surface area contributed by atoms with Crippen LogP contribution < -0.4 is 5.43 Å². The molecule has 0 radical (unpaired) electrons. The van der Waals surface area contributed by atoms with Gasteiger partial charge in [-0.05, 0) is 12.5 Å². The molecule has 0 saturated carbocycles. The molecule has 0 atom stereocenters. The molecule has 0 bridgehead atoms. The normalized spacial score (nSPS) is 10.2. The van der Waals surface area contributed by atoms with E-state index in [-0.39, 0.29) is 11.3 Å². The molecule has 0 aliphatic carbocycles. The van der Waals surface area contributed by atoms with Gasteiger partial charge in [0.05, 0.1) is 0 Å². The third-order valence-corrected chi connectivity index (χ3v) is 2.89. The molecule has 0 fully saturated rings. The Morgan fingerprint density at radius 1 is 1.21 bits per heavy atom. The molecule has 1 N–H and O–H groups in total. The van der Waals surface area contributed by atoms with Crippen LogP contribution in [0.15, 0.2) is 53.5 Å². The summed E-state index contributed by atoms with van der Waals surface area (Å²) in [6.07, 6.45) is 1.49. The molecule has 19 heavy (non-hydrogen) atoms. The molecular formula is C15H16N2O2. The maximum atomic E-state index is 12.3. The van der Waals surface area contributed by atoms with E-state index in [1.54, 1.807) is 4.90 Å². The Morgan fingerprint density at radius 2 is 1.95 bits per heavy atom. The highest BCUT2D eigenvalue weighted by Gasteiger charge is 2.15. The first-order valence-electron chi connectivity index (χ1n) is 6.22. The highest BCUT2D eigenvalue weighted by Crippen LogP contribution is 2.07. The summed E-state index contributed by atoms with van der Waals surface area (Å²) in [5.41, 5.74) is 1.22. The van der Waals surface area contributed by atoms with Crippen LogP contribution in [0.4, 0.5) is 0 Å². The van der Waals surface area contributed by atoms with Gasteiger partial charge in [0.1, 0.15) is 5.69 Å². The Balaban J connectivity index is 2.18. The Hall–Kier alpha value is -2.36. The van der Waals surface area contributed by atoms with Crippen molar-refractivity contribution < 1.29 is 4.79 Å². The van der Waals surface area contributed by atoms with E-state index in [4.69, 9.17) is 0 Å². The zero-order chi connectivity index (χ0) is 13.7. The molecule has 4 heteroatoms. The predicted molar refractivity (Wildman–Crippen MR) is 73.9 cm³/mol. The van der Waals surface area contributed by atoms with Gasteiger partial charge in [0.15, 0.2) is 5.43 Å². The first-order chi connectivity index (χ1) is 9.20.